The van der Waals surface area contributed by atoms with Crippen LogP contribution in [-0.2, 0) is 33.3 Å². The average molecular weight is 234 g/mol. The molecule has 7 nitrogen and oxygen atoms in total. The topological polar surface area (TPSA) is 96.0 Å². The van der Waals surface area contributed by atoms with E-state index in [4.69, 9.17) is 0 Å². The smallest absolute Gasteiger partial charge is 0.306 e. The zero-order valence-electron chi connectivity index (χ0n) is 7.09. The maximum absolute atomic E-state index is 10.7. The minimum atomic E-state index is -4.20. The molecule has 9 heteroatoms. The summed E-state index contributed by atoms with van der Waals surface area (Å²) in [5.74, 6) is -1.65. The van der Waals surface area contributed by atoms with Crippen molar-refractivity contribution in [3.05, 3.63) is 0 Å². The molecule has 0 saturated carbocycles. The normalized spacial score (nSPS) is 13.1. The highest BCUT2D eigenvalue weighted by Gasteiger charge is 2.22. The summed E-state index contributed by atoms with van der Waals surface area (Å²) < 4.78 is 55.2. The Kier molecular flexibility index (Phi) is 4.78. The van der Waals surface area contributed by atoms with Crippen molar-refractivity contribution in [2.45, 2.75) is 0 Å². The second-order valence-electron chi connectivity index (χ2n) is 2.00. The van der Waals surface area contributed by atoms with Crippen molar-refractivity contribution in [3.8, 4) is 0 Å². The Morgan fingerprint density at radius 2 is 1.15 bits per heavy atom. The number of hydrogen-bond acceptors (Lipinski definition) is 7. The van der Waals surface area contributed by atoms with Crippen LogP contribution in [0.25, 0.3) is 0 Å². The summed E-state index contributed by atoms with van der Waals surface area (Å²) in [6.07, 6.45) is 0. The van der Waals surface area contributed by atoms with Crippen LogP contribution < -0.4 is 0 Å². The molecule has 0 aliphatic carbocycles. The van der Waals surface area contributed by atoms with Gasteiger partial charge >= 0.3 is 20.2 Å². The van der Waals surface area contributed by atoms with Gasteiger partial charge in [0.15, 0.2) is 11.9 Å². The van der Waals surface area contributed by atoms with Crippen molar-refractivity contribution in [1.82, 2.24) is 0 Å². The molecule has 0 spiro atoms. The lowest BCUT2D eigenvalue weighted by Gasteiger charge is -2.03. The Morgan fingerprint density at radius 1 is 0.846 bits per heavy atom. The van der Waals surface area contributed by atoms with Crippen LogP contribution in [0, 0.1) is 0 Å². The maximum Gasteiger partial charge on any atom is 0.306 e. The van der Waals surface area contributed by atoms with E-state index in [-0.39, 0.29) is 0 Å². The van der Waals surface area contributed by atoms with Crippen molar-refractivity contribution >= 4 is 20.2 Å². The van der Waals surface area contributed by atoms with Crippen LogP contribution in [0.15, 0.2) is 0 Å². The fourth-order valence-electron chi connectivity index (χ4n) is 0.486. The predicted molar refractivity (Wildman–Crippen MR) is 42.7 cm³/mol. The lowest BCUT2D eigenvalue weighted by atomic mass is 11.5. The zero-order chi connectivity index (χ0) is 10.5. The number of methoxy groups -OCH3 is 2. The lowest BCUT2D eigenvalue weighted by molar-refractivity contribution is 0.231. The van der Waals surface area contributed by atoms with Crippen LogP contribution >= 0.6 is 0 Å². The molecule has 0 saturated heterocycles. The highest BCUT2D eigenvalue weighted by Crippen LogP contribution is 2.02. The Balaban J connectivity index is 4.44. The van der Waals surface area contributed by atoms with Gasteiger partial charge < -0.3 is 9.47 Å². The number of ether oxygens (including phenoxy) is 2. The molecular formula is C4H10O7S2. The quantitative estimate of drug-likeness (QED) is 0.573. The summed E-state index contributed by atoms with van der Waals surface area (Å²) in [4.78, 5) is 0. The van der Waals surface area contributed by atoms with Gasteiger partial charge in [-0.25, -0.2) is 0 Å². The first-order chi connectivity index (χ1) is 5.83. The predicted octanol–water partition coefficient (Wildman–Crippen LogP) is -1.13. The van der Waals surface area contributed by atoms with Gasteiger partial charge in [-0.1, -0.05) is 0 Å². The Bertz CT molecular complexity index is 292. The fraction of sp³-hybridized carbons (Fsp3) is 1.00. The van der Waals surface area contributed by atoms with Crippen molar-refractivity contribution in [2.75, 3.05) is 26.1 Å². The van der Waals surface area contributed by atoms with E-state index in [9.17, 15) is 16.8 Å². The van der Waals surface area contributed by atoms with Gasteiger partial charge in [0.2, 0.25) is 0 Å². The molecule has 0 radical (unpaired) electrons. The van der Waals surface area contributed by atoms with Gasteiger partial charge in [0.25, 0.3) is 0 Å². The van der Waals surface area contributed by atoms with E-state index in [0.29, 0.717) is 0 Å². The summed E-state index contributed by atoms with van der Waals surface area (Å²) in [6, 6.07) is 0. The summed E-state index contributed by atoms with van der Waals surface area (Å²) in [6.45, 7) is 0. The molecule has 0 amide bonds. The fourth-order valence-corrected chi connectivity index (χ4v) is 2.64. The van der Waals surface area contributed by atoms with E-state index in [1.54, 1.807) is 0 Å². The van der Waals surface area contributed by atoms with Gasteiger partial charge in [0.1, 0.15) is 0 Å². The highest BCUT2D eigenvalue weighted by atomic mass is 32.3. The summed E-state index contributed by atoms with van der Waals surface area (Å²) in [5, 5.41) is 0. The summed E-state index contributed by atoms with van der Waals surface area (Å²) >= 11 is 0. The molecule has 0 N–H and O–H groups in total. The zero-order valence-corrected chi connectivity index (χ0v) is 8.72. The SMILES string of the molecule is COCS(=O)(=O)OS(=O)(=O)COC. The first-order valence-corrected chi connectivity index (χ1v) is 6.13. The minimum absolute atomic E-state index is 0.823. The van der Waals surface area contributed by atoms with Crippen LogP contribution in [0.5, 0.6) is 0 Å². The second-order valence-corrected chi connectivity index (χ2v) is 5.24. The first-order valence-electron chi connectivity index (χ1n) is 2.97. The first kappa shape index (κ1) is 12.8. The molecule has 0 aliphatic heterocycles. The molecule has 0 aromatic heterocycles. The van der Waals surface area contributed by atoms with E-state index in [1.165, 1.54) is 0 Å². The Morgan fingerprint density at radius 3 is 1.38 bits per heavy atom. The molecule has 0 heterocycles. The van der Waals surface area contributed by atoms with Crippen LogP contribution in [-0.4, -0.2) is 42.9 Å². The van der Waals surface area contributed by atoms with Gasteiger partial charge in [-0.2, -0.15) is 16.8 Å². The molecule has 0 rings (SSSR count). The molecule has 0 atom stereocenters. The molecular weight excluding hydrogens is 224 g/mol. The van der Waals surface area contributed by atoms with Crippen LogP contribution in [0.3, 0.4) is 0 Å². The van der Waals surface area contributed by atoms with Crippen LogP contribution in [0.4, 0.5) is 0 Å². The van der Waals surface area contributed by atoms with Gasteiger partial charge in [-0.05, 0) is 0 Å². The van der Waals surface area contributed by atoms with Gasteiger partial charge in [-0.3, -0.25) is 0 Å². The molecule has 0 unspecified atom stereocenters. The third-order valence-corrected chi connectivity index (χ3v) is 3.44. The third-order valence-electron chi connectivity index (χ3n) is 0.732. The van der Waals surface area contributed by atoms with Gasteiger partial charge in [0.05, 0.1) is 0 Å². The molecule has 0 bridgehead atoms. The minimum Gasteiger partial charge on any atom is -0.366 e. The van der Waals surface area contributed by atoms with Crippen molar-refractivity contribution in [3.63, 3.8) is 0 Å². The molecule has 0 aromatic carbocycles. The molecule has 0 fully saturated rings. The van der Waals surface area contributed by atoms with Crippen molar-refractivity contribution < 1.29 is 29.9 Å². The molecule has 0 aliphatic rings. The maximum atomic E-state index is 10.7. The largest absolute Gasteiger partial charge is 0.366 e. The van der Waals surface area contributed by atoms with Crippen LogP contribution in [0.2, 0.25) is 0 Å². The van der Waals surface area contributed by atoms with E-state index in [2.05, 4.69) is 13.1 Å². The third kappa shape index (κ3) is 5.93. The molecule has 80 valence electrons. The second kappa shape index (κ2) is 4.86. The standard InChI is InChI=1S/C4H10O7S2/c1-9-3-12(5,6)11-13(7,8)4-10-2/h3-4H2,1-2H3. The van der Waals surface area contributed by atoms with E-state index >= 15 is 0 Å². The lowest BCUT2D eigenvalue weighted by Crippen LogP contribution is -2.20. The summed E-state index contributed by atoms with van der Waals surface area (Å²) in [7, 11) is -6.20. The Labute approximate surface area is 76.8 Å². The van der Waals surface area contributed by atoms with E-state index in [0.717, 1.165) is 14.2 Å². The number of rotatable bonds is 6. The molecule has 13 heavy (non-hydrogen) atoms. The van der Waals surface area contributed by atoms with Crippen molar-refractivity contribution in [1.29, 1.82) is 0 Å². The summed E-state index contributed by atoms with van der Waals surface area (Å²) in [5.41, 5.74) is 0. The van der Waals surface area contributed by atoms with Gasteiger partial charge in [0, 0.05) is 14.2 Å². The highest BCUT2D eigenvalue weighted by molar-refractivity contribution is 7.99. The monoisotopic (exact) mass is 234 g/mol. The molecule has 0 aromatic rings. The van der Waals surface area contributed by atoms with E-state index in [1.807, 2.05) is 0 Å². The number of hydrogen-bond donors (Lipinski definition) is 0. The van der Waals surface area contributed by atoms with Crippen molar-refractivity contribution in [2.24, 2.45) is 0 Å². The van der Waals surface area contributed by atoms with Gasteiger partial charge in [-0.15, -0.1) is 3.63 Å². The average Bonchev–Trinajstić information content (AvgIpc) is 1.82. The van der Waals surface area contributed by atoms with E-state index < -0.39 is 32.1 Å². The van der Waals surface area contributed by atoms with Crippen LogP contribution in [0.1, 0.15) is 0 Å². The Hall–Kier alpha value is -0.220.